The highest BCUT2D eigenvalue weighted by atomic mass is 32.2. The first-order valence-corrected chi connectivity index (χ1v) is 13.9. The van der Waals surface area contributed by atoms with E-state index in [2.05, 4.69) is 20.6 Å². The molecule has 0 fully saturated rings. The summed E-state index contributed by atoms with van der Waals surface area (Å²) in [6, 6.07) is 14.2. The van der Waals surface area contributed by atoms with E-state index in [9.17, 15) is 18.0 Å². The van der Waals surface area contributed by atoms with Crippen LogP contribution in [0.15, 0.2) is 54.7 Å². The van der Waals surface area contributed by atoms with Crippen LogP contribution >= 0.6 is 11.9 Å². The average Bonchev–Trinajstić information content (AvgIpc) is 2.91. The molecule has 0 saturated carbocycles. The lowest BCUT2D eigenvalue weighted by Crippen LogP contribution is -2.27. The van der Waals surface area contributed by atoms with Crippen LogP contribution in [0.3, 0.4) is 0 Å². The van der Waals surface area contributed by atoms with E-state index in [-0.39, 0.29) is 38.1 Å². The summed E-state index contributed by atoms with van der Waals surface area (Å²) in [5.41, 5.74) is 0.748. The van der Waals surface area contributed by atoms with Gasteiger partial charge >= 0.3 is 12.1 Å². The van der Waals surface area contributed by atoms with E-state index in [0.29, 0.717) is 11.4 Å². The zero-order valence-corrected chi connectivity index (χ0v) is 24.4. The van der Waals surface area contributed by atoms with Crippen LogP contribution in [-0.4, -0.2) is 54.7 Å². The van der Waals surface area contributed by atoms with Crippen molar-refractivity contribution in [3.63, 3.8) is 0 Å². The number of benzene rings is 2. The monoisotopic (exact) mass is 593 g/mol. The van der Waals surface area contributed by atoms with Crippen LogP contribution in [0.4, 0.5) is 36.3 Å². The van der Waals surface area contributed by atoms with Crippen molar-refractivity contribution in [2.45, 2.75) is 39.1 Å². The van der Waals surface area contributed by atoms with E-state index in [4.69, 9.17) is 14.2 Å². The van der Waals surface area contributed by atoms with Crippen molar-refractivity contribution < 1.29 is 32.2 Å². The van der Waals surface area contributed by atoms with Crippen LogP contribution in [0.25, 0.3) is 0 Å². The highest BCUT2D eigenvalue weighted by Gasteiger charge is 2.35. The fourth-order valence-corrected chi connectivity index (χ4v) is 3.77. The van der Waals surface area contributed by atoms with Gasteiger partial charge in [-0.3, -0.25) is 0 Å². The summed E-state index contributed by atoms with van der Waals surface area (Å²) in [4.78, 5) is 19.6. The quantitative estimate of drug-likeness (QED) is 0.133. The lowest BCUT2D eigenvalue weighted by Gasteiger charge is -2.19. The van der Waals surface area contributed by atoms with Gasteiger partial charge in [0.25, 0.3) is 0 Å². The van der Waals surface area contributed by atoms with Gasteiger partial charge in [0, 0.05) is 37.4 Å². The van der Waals surface area contributed by atoms with Crippen LogP contribution < -0.4 is 19.7 Å². The van der Waals surface area contributed by atoms with Crippen molar-refractivity contribution in [2.24, 2.45) is 0 Å². The Morgan fingerprint density at radius 2 is 1.80 bits per heavy atom. The maximum atomic E-state index is 13.7. The normalized spacial score (nSPS) is 11.6. The van der Waals surface area contributed by atoms with E-state index in [1.165, 1.54) is 11.9 Å². The molecule has 0 aliphatic rings. The van der Waals surface area contributed by atoms with Gasteiger partial charge in [0.2, 0.25) is 5.95 Å². The lowest BCUT2D eigenvalue weighted by atomic mass is 10.2. The number of esters is 1. The standard InChI is InChI=1S/C28H34F3N5O4S/c1-27(2,3)40-24(37)18-38-13-14-39-22-11-9-20(10-12-22)34-26-33-17-23(28(29,30)31)25(35-26)32-16-19-7-6-8-21(15-19)36(4)41-5/h6-12,15,17H,13-14,16,18H2,1-5H3,(H2,32,33,34,35). The molecule has 3 aromatic rings. The Kier molecular flexibility index (Phi) is 11.1. The molecule has 3 rings (SSSR count). The van der Waals surface area contributed by atoms with Crippen molar-refractivity contribution in [2.75, 3.05) is 48.1 Å². The first-order valence-electron chi connectivity index (χ1n) is 12.7. The van der Waals surface area contributed by atoms with Gasteiger partial charge in [0.1, 0.15) is 35.9 Å². The number of aromatic nitrogens is 2. The predicted molar refractivity (Wildman–Crippen MR) is 155 cm³/mol. The molecule has 13 heteroatoms. The number of carbonyl (C=O) groups excluding carboxylic acids is 1. The molecule has 1 heterocycles. The Labute approximate surface area is 241 Å². The van der Waals surface area contributed by atoms with Crippen molar-refractivity contribution in [3.8, 4) is 5.75 Å². The van der Waals surface area contributed by atoms with Crippen molar-refractivity contribution in [1.29, 1.82) is 0 Å². The van der Waals surface area contributed by atoms with E-state index < -0.39 is 23.3 Å². The Morgan fingerprint density at radius 1 is 1.07 bits per heavy atom. The molecule has 0 unspecified atom stereocenters. The summed E-state index contributed by atoms with van der Waals surface area (Å²) >= 11 is 1.52. The summed E-state index contributed by atoms with van der Waals surface area (Å²) < 4.78 is 58.9. The number of rotatable bonds is 13. The maximum absolute atomic E-state index is 13.7. The molecule has 41 heavy (non-hydrogen) atoms. The minimum atomic E-state index is -4.63. The van der Waals surface area contributed by atoms with Crippen LogP contribution in [0.2, 0.25) is 0 Å². The summed E-state index contributed by atoms with van der Waals surface area (Å²) in [7, 11) is 1.91. The highest BCUT2D eigenvalue weighted by Crippen LogP contribution is 2.34. The van der Waals surface area contributed by atoms with Crippen molar-refractivity contribution >= 4 is 41.1 Å². The number of halogens is 3. The van der Waals surface area contributed by atoms with Gasteiger partial charge in [-0.05, 0) is 62.7 Å². The zero-order chi connectivity index (χ0) is 30.0. The second kappa shape index (κ2) is 14.3. The number of carbonyl (C=O) groups is 1. The maximum Gasteiger partial charge on any atom is 0.421 e. The molecule has 222 valence electrons. The Hall–Kier alpha value is -3.71. The molecule has 1 aromatic heterocycles. The van der Waals surface area contributed by atoms with Crippen molar-refractivity contribution in [1.82, 2.24) is 9.97 Å². The van der Waals surface area contributed by atoms with E-state index in [0.717, 1.165) is 17.4 Å². The molecule has 0 saturated heterocycles. The molecule has 2 aromatic carbocycles. The first-order chi connectivity index (χ1) is 19.3. The van der Waals surface area contributed by atoms with Gasteiger partial charge < -0.3 is 29.1 Å². The largest absolute Gasteiger partial charge is 0.491 e. The molecule has 0 radical (unpaired) electrons. The zero-order valence-electron chi connectivity index (χ0n) is 23.5. The molecule has 0 spiro atoms. The second-order valence-electron chi connectivity index (χ2n) is 9.79. The topological polar surface area (TPSA) is 97.8 Å². The Morgan fingerprint density at radius 3 is 2.46 bits per heavy atom. The third-order valence-corrected chi connectivity index (χ3v) is 6.11. The Bertz CT molecular complexity index is 1290. The number of hydrogen-bond donors (Lipinski definition) is 2. The molecular formula is C28H34F3N5O4S. The van der Waals surface area contributed by atoms with Crippen LogP contribution in [-0.2, 0) is 27.0 Å². The van der Waals surface area contributed by atoms with Crippen LogP contribution in [0.5, 0.6) is 5.75 Å². The van der Waals surface area contributed by atoms with Gasteiger partial charge in [-0.25, -0.2) is 9.78 Å². The average molecular weight is 594 g/mol. The minimum Gasteiger partial charge on any atom is -0.491 e. The smallest absolute Gasteiger partial charge is 0.421 e. The molecule has 0 amide bonds. The van der Waals surface area contributed by atoms with Gasteiger partial charge in [0.05, 0.1) is 6.61 Å². The first kappa shape index (κ1) is 31.8. The van der Waals surface area contributed by atoms with Crippen molar-refractivity contribution in [3.05, 3.63) is 65.9 Å². The second-order valence-corrected chi connectivity index (χ2v) is 10.7. The summed E-state index contributed by atoms with van der Waals surface area (Å²) in [5, 5.41) is 5.73. The molecule has 9 nitrogen and oxygen atoms in total. The van der Waals surface area contributed by atoms with Crippen LogP contribution in [0, 0.1) is 0 Å². The lowest BCUT2D eigenvalue weighted by molar-refractivity contribution is -0.160. The molecule has 0 aliphatic heterocycles. The van der Waals surface area contributed by atoms with Crippen LogP contribution in [0.1, 0.15) is 31.9 Å². The summed E-state index contributed by atoms with van der Waals surface area (Å²) in [5.74, 6) is -0.239. The third kappa shape index (κ3) is 10.7. The van der Waals surface area contributed by atoms with E-state index >= 15 is 0 Å². The molecular weight excluding hydrogens is 559 g/mol. The van der Waals surface area contributed by atoms with E-state index in [1.807, 2.05) is 41.9 Å². The van der Waals surface area contributed by atoms with Gasteiger partial charge in [-0.2, -0.15) is 18.2 Å². The molecule has 0 atom stereocenters. The predicted octanol–water partition coefficient (Wildman–Crippen LogP) is 6.30. The van der Waals surface area contributed by atoms with Gasteiger partial charge in [-0.15, -0.1) is 0 Å². The Balaban J connectivity index is 1.58. The molecule has 0 bridgehead atoms. The van der Waals surface area contributed by atoms with Gasteiger partial charge in [0.15, 0.2) is 0 Å². The number of nitrogens with zero attached hydrogens (tertiary/aromatic N) is 3. The third-order valence-electron chi connectivity index (χ3n) is 5.35. The summed E-state index contributed by atoms with van der Waals surface area (Å²) in [6.07, 6.45) is -1.94. The minimum absolute atomic E-state index is 0.000535. The number of hydrogen-bond acceptors (Lipinski definition) is 10. The SMILES string of the molecule is CSN(C)c1cccc(CNc2nc(Nc3ccc(OCCOCC(=O)OC(C)(C)C)cc3)ncc2C(F)(F)F)c1. The fourth-order valence-electron chi connectivity index (χ4n) is 3.45. The molecule has 2 N–H and O–H groups in total. The molecule has 0 aliphatic carbocycles. The number of anilines is 4. The number of alkyl halides is 3. The number of nitrogens with one attached hydrogen (secondary N) is 2. The van der Waals surface area contributed by atoms with E-state index in [1.54, 1.807) is 45.0 Å². The highest BCUT2D eigenvalue weighted by molar-refractivity contribution is 7.99. The van der Waals surface area contributed by atoms with Gasteiger partial charge in [-0.1, -0.05) is 24.1 Å². The number of ether oxygens (including phenoxy) is 3. The summed E-state index contributed by atoms with van der Waals surface area (Å²) in [6.45, 7) is 5.70. The fraction of sp³-hybridized carbons (Fsp3) is 0.393.